The molecule has 1 N–H and O–H groups in total. The van der Waals surface area contributed by atoms with Crippen molar-refractivity contribution >= 4 is 21.2 Å². The molecule has 1 atom stereocenters. The smallest absolute Gasteiger partial charge is 0.251 e. The summed E-state index contributed by atoms with van der Waals surface area (Å²) in [4.78, 5) is 27.0. The molecule has 0 amide bonds. The summed E-state index contributed by atoms with van der Waals surface area (Å²) in [5, 5.41) is -0.244. The molecular weight excluding hydrogens is 374 g/mol. The molecule has 0 spiro atoms. The van der Waals surface area contributed by atoms with Crippen LogP contribution in [-0.2, 0) is 14.6 Å². The van der Waals surface area contributed by atoms with E-state index in [4.69, 9.17) is 0 Å². The first-order chi connectivity index (χ1) is 13.3. The number of allylic oxidation sites excluding steroid dienone is 1. The molecular formula is C22H23NO4S. The van der Waals surface area contributed by atoms with Gasteiger partial charge in [-0.25, -0.2) is 8.42 Å². The van der Waals surface area contributed by atoms with E-state index in [1.165, 1.54) is 0 Å². The largest absolute Gasteiger partial charge is 0.322 e. The first-order valence-electron chi connectivity index (χ1n) is 9.63. The number of aromatic amines is 1. The molecule has 2 aliphatic rings. The number of aromatic nitrogens is 1. The molecule has 2 aliphatic carbocycles. The predicted molar refractivity (Wildman–Crippen MR) is 108 cm³/mol. The van der Waals surface area contributed by atoms with Crippen LogP contribution in [0.3, 0.4) is 0 Å². The highest BCUT2D eigenvalue weighted by Gasteiger charge is 2.36. The highest BCUT2D eigenvalue weighted by atomic mass is 32.2. The Hall–Kier alpha value is -2.47. The molecule has 1 aromatic carbocycles. The number of aryl methyl sites for hydroxylation is 1. The fourth-order valence-electron chi connectivity index (χ4n) is 3.66. The number of carbonyl (C=O) groups is 1. The van der Waals surface area contributed by atoms with E-state index < -0.39 is 9.84 Å². The topological polar surface area (TPSA) is 84.1 Å². The van der Waals surface area contributed by atoms with Gasteiger partial charge in [0.2, 0.25) is 0 Å². The van der Waals surface area contributed by atoms with Crippen LogP contribution in [0.1, 0.15) is 48.9 Å². The van der Waals surface area contributed by atoms with Gasteiger partial charge in [-0.1, -0.05) is 24.3 Å². The lowest BCUT2D eigenvalue weighted by Gasteiger charge is -2.13. The number of hydrogen-bond donors (Lipinski definition) is 1. The lowest BCUT2D eigenvalue weighted by molar-refractivity contribution is -0.117. The van der Waals surface area contributed by atoms with E-state index >= 15 is 0 Å². The second-order valence-corrected chi connectivity index (χ2v) is 10.0. The van der Waals surface area contributed by atoms with Crippen LogP contribution in [0.25, 0.3) is 5.57 Å². The van der Waals surface area contributed by atoms with Crippen LogP contribution < -0.4 is 5.56 Å². The standard InChI is InChI=1S/C22H23NO4S/c1-14-2-11-21(23-22(14)25)20(13-15-3-6-17(24)12-15)16-4-7-18(8-5-16)28(26,27)19-9-10-19/h2,4-5,7-8,11,13,15,19H,3,6,9-10,12H2,1H3,(H,23,25)/t15-/m0/s1. The molecule has 6 heteroatoms. The predicted octanol–water partition coefficient (Wildman–Crippen LogP) is 3.42. The number of H-pyrrole nitrogens is 1. The number of hydrogen-bond acceptors (Lipinski definition) is 4. The van der Waals surface area contributed by atoms with Crippen LogP contribution in [0.4, 0.5) is 0 Å². The fourth-order valence-corrected chi connectivity index (χ4v) is 5.32. The molecule has 2 aromatic rings. The van der Waals surface area contributed by atoms with Gasteiger partial charge in [0.05, 0.1) is 10.1 Å². The Kier molecular flexibility index (Phi) is 4.83. The van der Waals surface area contributed by atoms with Gasteiger partial charge in [-0.3, -0.25) is 9.59 Å². The number of Topliss-reactive ketones (excluding diaryl/α,β-unsaturated/α-hetero) is 1. The maximum absolute atomic E-state index is 12.4. The van der Waals surface area contributed by atoms with E-state index in [0.29, 0.717) is 29.0 Å². The Labute approximate surface area is 164 Å². The van der Waals surface area contributed by atoms with Crippen LogP contribution in [0.5, 0.6) is 0 Å². The summed E-state index contributed by atoms with van der Waals surface area (Å²) in [6.07, 6.45) is 5.39. The molecule has 1 aromatic heterocycles. The van der Waals surface area contributed by atoms with Gasteiger partial charge in [0.25, 0.3) is 5.56 Å². The van der Waals surface area contributed by atoms with E-state index in [9.17, 15) is 18.0 Å². The molecule has 1 heterocycles. The zero-order chi connectivity index (χ0) is 19.9. The molecule has 2 saturated carbocycles. The minimum Gasteiger partial charge on any atom is -0.322 e. The van der Waals surface area contributed by atoms with Crippen molar-refractivity contribution in [2.24, 2.45) is 5.92 Å². The molecule has 28 heavy (non-hydrogen) atoms. The molecule has 4 rings (SSSR count). The Morgan fingerprint density at radius 3 is 2.32 bits per heavy atom. The Morgan fingerprint density at radius 1 is 1.04 bits per heavy atom. The van der Waals surface area contributed by atoms with Crippen molar-refractivity contribution in [3.8, 4) is 0 Å². The fraction of sp³-hybridized carbons (Fsp3) is 0.364. The number of nitrogens with one attached hydrogen (secondary N) is 1. The minimum absolute atomic E-state index is 0.127. The van der Waals surface area contributed by atoms with E-state index in [1.54, 1.807) is 37.3 Å². The number of rotatable bonds is 5. The van der Waals surface area contributed by atoms with E-state index in [0.717, 1.165) is 30.4 Å². The van der Waals surface area contributed by atoms with Crippen LogP contribution in [-0.4, -0.2) is 24.4 Å². The summed E-state index contributed by atoms with van der Waals surface area (Å²) < 4.78 is 24.9. The van der Waals surface area contributed by atoms with Crippen molar-refractivity contribution in [3.63, 3.8) is 0 Å². The molecule has 5 nitrogen and oxygen atoms in total. The second kappa shape index (κ2) is 7.17. The summed E-state index contributed by atoms with van der Waals surface area (Å²) in [6.45, 7) is 1.75. The molecule has 0 radical (unpaired) electrons. The third-order valence-corrected chi connectivity index (χ3v) is 7.82. The van der Waals surface area contributed by atoms with Crippen molar-refractivity contribution in [2.75, 3.05) is 0 Å². The van der Waals surface area contributed by atoms with Crippen molar-refractivity contribution in [2.45, 2.75) is 49.2 Å². The number of pyridine rings is 1. The number of sulfone groups is 1. The van der Waals surface area contributed by atoms with Gasteiger partial charge >= 0.3 is 0 Å². The Balaban J connectivity index is 1.74. The van der Waals surface area contributed by atoms with Gasteiger partial charge in [0.1, 0.15) is 5.78 Å². The summed E-state index contributed by atoms with van der Waals surface area (Å²) >= 11 is 0. The molecule has 2 fully saturated rings. The van der Waals surface area contributed by atoms with E-state index in [1.807, 2.05) is 12.1 Å². The molecule has 0 bridgehead atoms. The number of benzene rings is 1. The summed E-state index contributed by atoms with van der Waals surface area (Å²) in [6, 6.07) is 10.5. The molecule has 0 aliphatic heterocycles. The zero-order valence-electron chi connectivity index (χ0n) is 15.8. The zero-order valence-corrected chi connectivity index (χ0v) is 16.6. The average molecular weight is 397 g/mol. The number of carbonyl (C=O) groups excluding carboxylic acids is 1. The normalized spacial score (nSPS) is 20.5. The quantitative estimate of drug-likeness (QED) is 0.838. The molecule has 146 valence electrons. The molecule has 0 saturated heterocycles. The highest BCUT2D eigenvalue weighted by Crippen LogP contribution is 2.35. The van der Waals surface area contributed by atoms with Crippen LogP contribution in [0.2, 0.25) is 0 Å². The van der Waals surface area contributed by atoms with Crippen molar-refractivity contribution in [1.29, 1.82) is 0 Å². The van der Waals surface area contributed by atoms with Gasteiger partial charge < -0.3 is 4.98 Å². The van der Waals surface area contributed by atoms with Gasteiger partial charge in [-0.15, -0.1) is 0 Å². The van der Waals surface area contributed by atoms with Gasteiger partial charge in [0, 0.05) is 29.7 Å². The maximum atomic E-state index is 12.4. The lowest BCUT2D eigenvalue weighted by atomic mass is 9.96. The van der Waals surface area contributed by atoms with Gasteiger partial charge in [-0.05, 0) is 55.9 Å². The van der Waals surface area contributed by atoms with Crippen LogP contribution in [0, 0.1) is 12.8 Å². The molecule has 0 unspecified atom stereocenters. The second-order valence-electron chi connectivity index (χ2n) is 7.77. The summed E-state index contributed by atoms with van der Waals surface area (Å²) in [5.74, 6) is 0.381. The van der Waals surface area contributed by atoms with Crippen molar-refractivity contribution < 1.29 is 13.2 Å². The Morgan fingerprint density at radius 2 is 1.75 bits per heavy atom. The number of ketones is 1. The first-order valence-corrected chi connectivity index (χ1v) is 11.2. The van der Waals surface area contributed by atoms with Gasteiger partial charge in [-0.2, -0.15) is 0 Å². The lowest BCUT2D eigenvalue weighted by Crippen LogP contribution is -2.12. The first kappa shape index (κ1) is 18.9. The maximum Gasteiger partial charge on any atom is 0.251 e. The SMILES string of the molecule is Cc1ccc(C(=C[C@H]2CCC(=O)C2)c2ccc(S(=O)(=O)C3CC3)cc2)[nH]c1=O. The van der Waals surface area contributed by atoms with Gasteiger partial charge in [0.15, 0.2) is 9.84 Å². The Bertz CT molecular complexity index is 1110. The van der Waals surface area contributed by atoms with Crippen LogP contribution in [0.15, 0.2) is 52.2 Å². The highest BCUT2D eigenvalue weighted by molar-refractivity contribution is 7.92. The van der Waals surface area contributed by atoms with E-state index in [-0.39, 0.29) is 22.5 Å². The third-order valence-electron chi connectivity index (χ3n) is 5.54. The average Bonchev–Trinajstić information content (AvgIpc) is 3.46. The monoisotopic (exact) mass is 397 g/mol. The van der Waals surface area contributed by atoms with E-state index in [2.05, 4.69) is 4.98 Å². The summed E-state index contributed by atoms with van der Waals surface area (Å²) in [7, 11) is -3.24. The third kappa shape index (κ3) is 3.74. The van der Waals surface area contributed by atoms with Crippen LogP contribution >= 0.6 is 0 Å². The summed E-state index contributed by atoms with van der Waals surface area (Å²) in [5.41, 5.74) is 2.80. The van der Waals surface area contributed by atoms with Crippen molar-refractivity contribution in [1.82, 2.24) is 4.98 Å². The van der Waals surface area contributed by atoms with Crippen molar-refractivity contribution in [3.05, 3.63) is 69.6 Å². The minimum atomic E-state index is -3.24.